The summed E-state index contributed by atoms with van der Waals surface area (Å²) in [7, 11) is 0. The van der Waals surface area contributed by atoms with Crippen LogP contribution in [0, 0.1) is 0 Å². The molecule has 0 heterocycles. The van der Waals surface area contributed by atoms with Crippen molar-refractivity contribution in [3.63, 3.8) is 0 Å². The van der Waals surface area contributed by atoms with Gasteiger partial charge in [-0.1, -0.05) is 301 Å². The first-order chi connectivity index (χ1) is 33.5. The monoisotopic (exact) mass is 953 g/mol. The van der Waals surface area contributed by atoms with E-state index in [1.54, 1.807) is 0 Å². The summed E-state index contributed by atoms with van der Waals surface area (Å²) in [6.07, 6.45) is 69.7. The highest BCUT2D eigenvalue weighted by Gasteiger charge is 2.19. The molecule has 396 valence electrons. The second-order valence-electron chi connectivity index (χ2n) is 20.0. The molecule has 6 nitrogen and oxygen atoms in total. The van der Waals surface area contributed by atoms with Gasteiger partial charge in [-0.3, -0.25) is 14.4 Å². The van der Waals surface area contributed by atoms with Gasteiger partial charge >= 0.3 is 17.9 Å². The number of ether oxygens (including phenoxy) is 3. The van der Waals surface area contributed by atoms with Crippen molar-refractivity contribution in [1.29, 1.82) is 0 Å². The van der Waals surface area contributed by atoms with Gasteiger partial charge in [0.05, 0.1) is 0 Å². The molecule has 1 unspecified atom stereocenters. The van der Waals surface area contributed by atoms with Gasteiger partial charge in [-0.2, -0.15) is 0 Å². The molecule has 0 spiro atoms. The Bertz CT molecular complexity index is 1190. The summed E-state index contributed by atoms with van der Waals surface area (Å²) in [6.45, 7) is 6.52. The first kappa shape index (κ1) is 65.4. The Morgan fingerprint density at radius 1 is 0.309 bits per heavy atom. The quantitative estimate of drug-likeness (QED) is 0.0262. The normalized spacial score (nSPS) is 12.3. The van der Waals surface area contributed by atoms with E-state index in [-0.39, 0.29) is 31.1 Å². The van der Waals surface area contributed by atoms with Crippen molar-refractivity contribution in [1.82, 2.24) is 0 Å². The van der Waals surface area contributed by atoms with Crippen LogP contribution >= 0.6 is 0 Å². The molecular formula is C62H112O6. The molecule has 0 fully saturated rings. The maximum absolute atomic E-state index is 12.9. The summed E-state index contributed by atoms with van der Waals surface area (Å²) >= 11 is 0. The molecule has 0 aromatic carbocycles. The number of carbonyl (C=O) groups excluding carboxylic acids is 3. The molecule has 6 heteroatoms. The lowest BCUT2D eigenvalue weighted by Gasteiger charge is -2.18. The largest absolute Gasteiger partial charge is 0.462 e. The third kappa shape index (κ3) is 54.3. The number of rotatable bonds is 54. The molecule has 0 saturated carbocycles. The topological polar surface area (TPSA) is 78.9 Å². The van der Waals surface area contributed by atoms with Crippen molar-refractivity contribution in [2.45, 2.75) is 316 Å². The van der Waals surface area contributed by atoms with Crippen molar-refractivity contribution in [2.24, 2.45) is 0 Å². The number of hydrogen-bond donors (Lipinski definition) is 0. The van der Waals surface area contributed by atoms with Crippen LogP contribution in [-0.2, 0) is 28.6 Å². The van der Waals surface area contributed by atoms with Gasteiger partial charge in [-0.25, -0.2) is 0 Å². The highest BCUT2D eigenvalue weighted by molar-refractivity contribution is 5.71. The molecule has 0 N–H and O–H groups in total. The molecule has 0 aliphatic rings. The van der Waals surface area contributed by atoms with Gasteiger partial charge in [0.25, 0.3) is 0 Å². The minimum Gasteiger partial charge on any atom is -0.462 e. The van der Waals surface area contributed by atoms with Crippen LogP contribution < -0.4 is 0 Å². The predicted octanol–water partition coefficient (Wildman–Crippen LogP) is 19.8. The molecule has 0 radical (unpaired) electrons. The van der Waals surface area contributed by atoms with E-state index in [0.29, 0.717) is 19.3 Å². The van der Waals surface area contributed by atoms with E-state index in [9.17, 15) is 14.4 Å². The molecular weight excluding hydrogens is 841 g/mol. The van der Waals surface area contributed by atoms with E-state index in [0.717, 1.165) is 70.6 Å². The second-order valence-corrected chi connectivity index (χ2v) is 20.0. The molecule has 0 aromatic rings. The molecule has 0 saturated heterocycles. The Labute approximate surface area is 422 Å². The van der Waals surface area contributed by atoms with Crippen LogP contribution in [0.1, 0.15) is 310 Å². The van der Waals surface area contributed by atoms with Crippen LogP contribution in [0.4, 0.5) is 0 Å². The number of esters is 3. The number of hydrogen-bond acceptors (Lipinski definition) is 6. The average Bonchev–Trinajstić information content (AvgIpc) is 3.34. The lowest BCUT2D eigenvalue weighted by Crippen LogP contribution is -2.30. The number of allylic oxidation sites excluding steroid dienone is 8. The van der Waals surface area contributed by atoms with Gasteiger partial charge in [-0.05, 0) is 38.5 Å². The van der Waals surface area contributed by atoms with E-state index >= 15 is 0 Å². The predicted molar refractivity (Wildman–Crippen MR) is 293 cm³/mol. The van der Waals surface area contributed by atoms with E-state index < -0.39 is 6.10 Å². The molecule has 1 atom stereocenters. The third-order valence-electron chi connectivity index (χ3n) is 13.2. The SMILES string of the molecule is CC\C=C/C=C\C=C/C=C\CCCCCC(=O)OCC(COC(=O)CCCCCCCCCCCCCCCCCCCCC)OC(=O)CCCCCCCCCCCCCCCCCCCC. The van der Waals surface area contributed by atoms with Crippen LogP contribution in [-0.4, -0.2) is 37.2 Å². The lowest BCUT2D eigenvalue weighted by molar-refractivity contribution is -0.167. The van der Waals surface area contributed by atoms with Crippen molar-refractivity contribution in [3.05, 3.63) is 48.6 Å². The van der Waals surface area contributed by atoms with Gasteiger partial charge in [0.1, 0.15) is 13.2 Å². The van der Waals surface area contributed by atoms with E-state index in [4.69, 9.17) is 14.2 Å². The standard InChI is InChI=1S/C62H112O6/c1-4-7-10-13-16-19-22-25-27-29-31-33-34-37-40-43-46-49-52-55-61(64)67-58-59(57-66-60(63)54-51-48-45-42-39-36-24-21-18-15-12-9-6-3)68-62(65)56-53-50-47-44-41-38-35-32-30-28-26-23-20-17-14-11-8-5-2/h9,12,15,18,21,24,36,39,59H,4-8,10-11,13-14,16-17,19-20,22-23,25-35,37-38,40-58H2,1-3H3/b12-9-,18-15-,24-21-,39-36-. The van der Waals surface area contributed by atoms with Gasteiger partial charge in [0.15, 0.2) is 6.10 Å². The summed E-state index contributed by atoms with van der Waals surface area (Å²) in [5, 5.41) is 0. The van der Waals surface area contributed by atoms with Crippen molar-refractivity contribution < 1.29 is 28.6 Å². The Kier molecular flexibility index (Phi) is 54.8. The third-order valence-corrected chi connectivity index (χ3v) is 13.2. The fourth-order valence-corrected chi connectivity index (χ4v) is 8.75. The maximum Gasteiger partial charge on any atom is 0.306 e. The van der Waals surface area contributed by atoms with Gasteiger partial charge in [0.2, 0.25) is 0 Å². The van der Waals surface area contributed by atoms with Gasteiger partial charge < -0.3 is 14.2 Å². The fraction of sp³-hybridized carbons (Fsp3) is 0.823. The molecule has 0 aromatic heterocycles. The van der Waals surface area contributed by atoms with E-state index in [2.05, 4.69) is 39.0 Å². The molecule has 0 aliphatic carbocycles. The zero-order valence-electron chi connectivity index (χ0n) is 45.4. The Hall–Kier alpha value is -2.63. The summed E-state index contributed by atoms with van der Waals surface area (Å²) in [5.74, 6) is -0.903. The summed E-state index contributed by atoms with van der Waals surface area (Å²) in [5.41, 5.74) is 0. The van der Waals surface area contributed by atoms with E-state index in [1.807, 2.05) is 30.4 Å². The minimum atomic E-state index is -0.785. The van der Waals surface area contributed by atoms with Crippen molar-refractivity contribution in [2.75, 3.05) is 13.2 Å². The van der Waals surface area contributed by atoms with Gasteiger partial charge in [0, 0.05) is 19.3 Å². The highest BCUT2D eigenvalue weighted by atomic mass is 16.6. The zero-order chi connectivity index (χ0) is 49.3. The van der Waals surface area contributed by atoms with Crippen molar-refractivity contribution in [3.8, 4) is 0 Å². The molecule has 0 bridgehead atoms. The summed E-state index contributed by atoms with van der Waals surface area (Å²) in [6, 6.07) is 0. The fourth-order valence-electron chi connectivity index (χ4n) is 8.75. The zero-order valence-corrected chi connectivity index (χ0v) is 45.4. The van der Waals surface area contributed by atoms with Crippen LogP contribution in [0.3, 0.4) is 0 Å². The number of carbonyl (C=O) groups is 3. The Morgan fingerprint density at radius 2 is 0.574 bits per heavy atom. The smallest absolute Gasteiger partial charge is 0.306 e. The second kappa shape index (κ2) is 57.0. The van der Waals surface area contributed by atoms with Crippen LogP contribution in [0.2, 0.25) is 0 Å². The first-order valence-corrected chi connectivity index (χ1v) is 29.7. The average molecular weight is 954 g/mol. The summed E-state index contributed by atoms with van der Waals surface area (Å²) < 4.78 is 16.9. The summed E-state index contributed by atoms with van der Waals surface area (Å²) in [4.78, 5) is 38.2. The molecule has 0 aliphatic heterocycles. The van der Waals surface area contributed by atoms with Crippen LogP contribution in [0.5, 0.6) is 0 Å². The Balaban J connectivity index is 4.33. The number of unbranched alkanes of at least 4 members (excludes halogenated alkanes) is 38. The maximum atomic E-state index is 12.9. The van der Waals surface area contributed by atoms with Crippen LogP contribution in [0.25, 0.3) is 0 Å². The highest BCUT2D eigenvalue weighted by Crippen LogP contribution is 2.17. The Morgan fingerprint density at radius 3 is 0.897 bits per heavy atom. The van der Waals surface area contributed by atoms with Gasteiger partial charge in [-0.15, -0.1) is 0 Å². The van der Waals surface area contributed by atoms with E-state index in [1.165, 1.54) is 199 Å². The van der Waals surface area contributed by atoms with Crippen LogP contribution in [0.15, 0.2) is 48.6 Å². The lowest BCUT2D eigenvalue weighted by atomic mass is 10.0. The molecule has 0 rings (SSSR count). The van der Waals surface area contributed by atoms with Crippen molar-refractivity contribution >= 4 is 17.9 Å². The first-order valence-electron chi connectivity index (χ1n) is 29.7. The molecule has 0 amide bonds. The molecule has 68 heavy (non-hydrogen) atoms. The minimum absolute atomic E-state index is 0.0812.